The first-order chi connectivity index (χ1) is 16.9. The zero-order valence-electron chi connectivity index (χ0n) is 18.7. The number of ether oxygens (including phenoxy) is 1. The second kappa shape index (κ2) is 9.54. The topological polar surface area (TPSA) is 108 Å². The average Bonchev–Trinajstić information content (AvgIpc) is 3.43. The lowest BCUT2D eigenvalue weighted by Gasteiger charge is -2.34. The van der Waals surface area contributed by atoms with Gasteiger partial charge in [-0.05, 0) is 24.1 Å². The van der Waals surface area contributed by atoms with Crippen LogP contribution in [0.2, 0.25) is 5.02 Å². The van der Waals surface area contributed by atoms with Gasteiger partial charge in [-0.3, -0.25) is 14.4 Å². The van der Waals surface area contributed by atoms with Gasteiger partial charge < -0.3 is 25.4 Å². The van der Waals surface area contributed by atoms with E-state index in [4.69, 9.17) is 16.3 Å². The molecule has 3 aliphatic heterocycles. The highest BCUT2D eigenvalue weighted by Crippen LogP contribution is 2.60. The summed E-state index contributed by atoms with van der Waals surface area (Å²) in [6.45, 7) is -0.0476. The van der Waals surface area contributed by atoms with Gasteiger partial charge in [0.1, 0.15) is 11.6 Å². The summed E-state index contributed by atoms with van der Waals surface area (Å²) < 4.78 is 6.38. The Labute approximate surface area is 216 Å². The Hall–Kier alpha value is -2.46. The quantitative estimate of drug-likeness (QED) is 0.449. The molecule has 3 amide bonds. The summed E-state index contributed by atoms with van der Waals surface area (Å²) in [6.07, 6.45) is -0.161. The number of carbonyl (C=O) groups excluding carboxylic acids is 3. The number of amides is 3. The van der Waals surface area contributed by atoms with Crippen molar-refractivity contribution in [1.82, 2.24) is 10.2 Å². The van der Waals surface area contributed by atoms with Crippen molar-refractivity contribution in [3.8, 4) is 0 Å². The number of carbonyl (C=O) groups is 3. The Morgan fingerprint density at radius 3 is 2.57 bits per heavy atom. The van der Waals surface area contributed by atoms with E-state index in [1.165, 1.54) is 4.90 Å². The van der Waals surface area contributed by atoms with E-state index in [0.29, 0.717) is 23.7 Å². The Morgan fingerprint density at radius 1 is 1.14 bits per heavy atom. The number of rotatable bonds is 7. The number of alkyl halides is 1. The van der Waals surface area contributed by atoms with E-state index in [1.807, 2.05) is 30.3 Å². The Balaban J connectivity index is 1.44. The molecule has 0 saturated carbocycles. The number of hydrogen-bond donors (Lipinski definition) is 3. The maximum Gasteiger partial charge on any atom is 0.250 e. The zero-order valence-corrected chi connectivity index (χ0v) is 21.0. The van der Waals surface area contributed by atoms with Crippen LogP contribution in [0.4, 0.5) is 5.69 Å². The number of benzene rings is 2. The SMILES string of the molecule is O=C(Nc1ccccc1Cl)C1N(CCO)C(=O)[C@@H]2[C@@H](C(=O)NCc3ccccc3)[C@@H]3OC12CC3Br. The van der Waals surface area contributed by atoms with Gasteiger partial charge in [0.2, 0.25) is 17.7 Å². The molecule has 6 atom stereocenters. The molecule has 2 aromatic carbocycles. The number of β-amino-alcohol motifs (C(OH)–C–C–N with tert-alkyl or cyclic N) is 1. The third-order valence-corrected chi connectivity index (χ3v) is 8.30. The first-order valence-corrected chi connectivity index (χ1v) is 12.8. The number of nitrogens with one attached hydrogen (secondary N) is 2. The molecule has 3 saturated heterocycles. The van der Waals surface area contributed by atoms with Gasteiger partial charge >= 0.3 is 0 Å². The smallest absolute Gasteiger partial charge is 0.250 e. The molecule has 3 heterocycles. The highest BCUT2D eigenvalue weighted by molar-refractivity contribution is 9.09. The third-order valence-electron chi connectivity index (χ3n) is 7.12. The summed E-state index contributed by atoms with van der Waals surface area (Å²) in [4.78, 5) is 41.7. The molecule has 184 valence electrons. The molecular formula is C25H25BrClN3O5. The summed E-state index contributed by atoms with van der Waals surface area (Å²) in [7, 11) is 0. The van der Waals surface area contributed by atoms with Crippen LogP contribution in [0.15, 0.2) is 54.6 Å². The molecule has 3 fully saturated rings. The van der Waals surface area contributed by atoms with Gasteiger partial charge in [-0.1, -0.05) is 70.0 Å². The lowest BCUT2D eigenvalue weighted by molar-refractivity contribution is -0.141. The standard InChI is InChI=1S/C25H25BrClN3O5/c26-15-12-25-19(18(20(15)35-25)22(32)28-13-14-6-2-1-3-7-14)24(34)30(10-11-31)21(25)23(33)29-17-9-5-4-8-16(17)27/h1-9,15,18-21,31H,10-13H2,(H,28,32)(H,29,33)/t15?,18-,19+,20-,21?,25?/m1/s1. The number of nitrogens with zero attached hydrogens (tertiary/aromatic N) is 1. The van der Waals surface area contributed by atoms with Crippen molar-refractivity contribution < 1.29 is 24.2 Å². The van der Waals surface area contributed by atoms with E-state index in [0.717, 1.165) is 5.56 Å². The van der Waals surface area contributed by atoms with Crippen LogP contribution in [0.1, 0.15) is 12.0 Å². The molecule has 2 aromatic rings. The van der Waals surface area contributed by atoms with Gasteiger partial charge in [0, 0.05) is 17.9 Å². The lowest BCUT2D eigenvalue weighted by Crippen LogP contribution is -2.54. The largest absolute Gasteiger partial charge is 0.395 e. The Kier molecular flexibility index (Phi) is 6.61. The average molecular weight is 563 g/mol. The highest BCUT2D eigenvalue weighted by atomic mass is 79.9. The normalized spacial score (nSPS) is 30.9. The molecule has 0 aliphatic carbocycles. The molecule has 3 unspecified atom stereocenters. The molecule has 2 bridgehead atoms. The molecule has 10 heteroatoms. The van der Waals surface area contributed by atoms with E-state index in [-0.39, 0.29) is 29.8 Å². The molecule has 5 rings (SSSR count). The molecule has 0 radical (unpaired) electrons. The summed E-state index contributed by atoms with van der Waals surface area (Å²) in [5, 5.41) is 15.8. The van der Waals surface area contributed by atoms with Crippen LogP contribution >= 0.6 is 27.5 Å². The lowest BCUT2D eigenvalue weighted by atomic mass is 9.70. The number of aliphatic hydroxyl groups is 1. The van der Waals surface area contributed by atoms with Gasteiger partial charge in [0.25, 0.3) is 0 Å². The fraction of sp³-hybridized carbons (Fsp3) is 0.400. The second-order valence-electron chi connectivity index (χ2n) is 9.09. The molecule has 3 aliphatic rings. The Morgan fingerprint density at radius 2 is 1.86 bits per heavy atom. The van der Waals surface area contributed by atoms with Crippen molar-refractivity contribution in [3.63, 3.8) is 0 Å². The minimum Gasteiger partial charge on any atom is -0.395 e. The van der Waals surface area contributed by atoms with Crippen LogP contribution in [0.25, 0.3) is 0 Å². The van der Waals surface area contributed by atoms with Crippen molar-refractivity contribution >= 4 is 50.9 Å². The fourth-order valence-corrected chi connectivity index (χ4v) is 6.87. The molecular weight excluding hydrogens is 538 g/mol. The maximum absolute atomic E-state index is 13.6. The Bertz CT molecular complexity index is 1150. The van der Waals surface area contributed by atoms with Gasteiger partial charge in [-0.25, -0.2) is 0 Å². The van der Waals surface area contributed by atoms with E-state index < -0.39 is 35.5 Å². The van der Waals surface area contributed by atoms with Crippen LogP contribution in [0.3, 0.4) is 0 Å². The second-order valence-corrected chi connectivity index (χ2v) is 10.7. The predicted molar refractivity (Wildman–Crippen MR) is 133 cm³/mol. The number of para-hydroxylation sites is 1. The molecule has 35 heavy (non-hydrogen) atoms. The first-order valence-electron chi connectivity index (χ1n) is 11.5. The fourth-order valence-electron chi connectivity index (χ4n) is 5.74. The number of aliphatic hydroxyl groups excluding tert-OH is 1. The number of likely N-dealkylation sites (tertiary alicyclic amines) is 1. The van der Waals surface area contributed by atoms with Crippen LogP contribution in [0, 0.1) is 11.8 Å². The van der Waals surface area contributed by atoms with Crippen molar-refractivity contribution in [1.29, 1.82) is 0 Å². The summed E-state index contributed by atoms with van der Waals surface area (Å²) in [5.41, 5.74) is 0.160. The number of fused-ring (bicyclic) bond motifs is 1. The predicted octanol–water partition coefficient (Wildman–Crippen LogP) is 2.34. The third kappa shape index (κ3) is 4.04. The number of halogens is 2. The van der Waals surface area contributed by atoms with E-state index in [9.17, 15) is 19.5 Å². The monoisotopic (exact) mass is 561 g/mol. The van der Waals surface area contributed by atoms with Crippen molar-refractivity contribution in [2.75, 3.05) is 18.5 Å². The maximum atomic E-state index is 13.6. The molecule has 8 nitrogen and oxygen atoms in total. The highest BCUT2D eigenvalue weighted by Gasteiger charge is 2.76. The summed E-state index contributed by atoms with van der Waals surface area (Å²) in [6, 6.07) is 15.3. The van der Waals surface area contributed by atoms with Crippen LogP contribution in [-0.2, 0) is 25.7 Å². The van der Waals surface area contributed by atoms with Crippen molar-refractivity contribution in [2.24, 2.45) is 11.8 Å². The summed E-state index contributed by atoms with van der Waals surface area (Å²) in [5.74, 6) is -2.71. The van der Waals surface area contributed by atoms with Crippen molar-refractivity contribution in [2.45, 2.75) is 35.5 Å². The van der Waals surface area contributed by atoms with E-state index in [1.54, 1.807) is 24.3 Å². The molecule has 3 N–H and O–H groups in total. The minimum atomic E-state index is -1.19. The minimum absolute atomic E-state index is 0.0446. The molecule has 0 aromatic heterocycles. The number of hydrogen-bond acceptors (Lipinski definition) is 5. The van der Waals surface area contributed by atoms with Gasteiger partial charge in [0.15, 0.2) is 0 Å². The van der Waals surface area contributed by atoms with E-state index >= 15 is 0 Å². The van der Waals surface area contributed by atoms with Crippen LogP contribution < -0.4 is 10.6 Å². The zero-order chi connectivity index (χ0) is 24.7. The van der Waals surface area contributed by atoms with Gasteiger partial charge in [-0.15, -0.1) is 0 Å². The summed E-state index contributed by atoms with van der Waals surface area (Å²) >= 11 is 9.86. The van der Waals surface area contributed by atoms with Crippen molar-refractivity contribution in [3.05, 3.63) is 65.2 Å². The molecule has 1 spiro atoms. The van der Waals surface area contributed by atoms with Gasteiger partial charge in [0.05, 0.1) is 35.3 Å². The van der Waals surface area contributed by atoms with E-state index in [2.05, 4.69) is 26.6 Å². The van der Waals surface area contributed by atoms with Crippen LogP contribution in [0.5, 0.6) is 0 Å². The first kappa shape index (κ1) is 24.2. The number of anilines is 1. The van der Waals surface area contributed by atoms with Gasteiger partial charge in [-0.2, -0.15) is 0 Å². The van der Waals surface area contributed by atoms with Crippen LogP contribution in [-0.4, -0.2) is 63.5 Å².